The minimum Gasteiger partial charge on any atom is -0.493 e. The van der Waals surface area contributed by atoms with Crippen molar-refractivity contribution in [2.45, 2.75) is 26.4 Å². The quantitative estimate of drug-likeness (QED) is 0.699. The Balaban J connectivity index is 2.32. The number of benzene rings is 2. The Labute approximate surface area is 187 Å². The fraction of sp³-hybridized carbons (Fsp3) is 0.348. The van der Waals surface area contributed by atoms with Gasteiger partial charge in [-0.1, -0.05) is 6.07 Å². The number of anilines is 2. The molecule has 0 aliphatic carbocycles. The van der Waals surface area contributed by atoms with E-state index in [4.69, 9.17) is 14.2 Å². The molecule has 0 aliphatic heterocycles. The van der Waals surface area contributed by atoms with Crippen molar-refractivity contribution in [3.8, 4) is 11.5 Å². The number of hydrogen-bond acceptors (Lipinski definition) is 6. The first-order chi connectivity index (χ1) is 14.9. The van der Waals surface area contributed by atoms with Crippen LogP contribution in [0.2, 0.25) is 0 Å². The van der Waals surface area contributed by atoms with Crippen molar-refractivity contribution >= 4 is 29.3 Å². The molecule has 0 saturated heterocycles. The second-order valence-electron chi connectivity index (χ2n) is 8.11. The lowest BCUT2D eigenvalue weighted by molar-refractivity contribution is 0.0635. The molecule has 9 heteroatoms. The van der Waals surface area contributed by atoms with Crippen LogP contribution in [0.1, 0.15) is 41.5 Å². The second-order valence-corrected chi connectivity index (χ2v) is 8.11. The second kappa shape index (κ2) is 10.0. The predicted molar refractivity (Wildman–Crippen MR) is 122 cm³/mol. The SMILES string of the molecule is COc1cc(NC(=O)c2cccc(NC(=O)OC(C)(C)C)c2)c(C(=O)N(C)C)cc1OC. The van der Waals surface area contributed by atoms with E-state index in [2.05, 4.69) is 10.6 Å². The van der Waals surface area contributed by atoms with Gasteiger partial charge >= 0.3 is 6.09 Å². The smallest absolute Gasteiger partial charge is 0.412 e. The molecule has 2 aromatic carbocycles. The minimum absolute atomic E-state index is 0.240. The number of rotatable bonds is 6. The lowest BCUT2D eigenvalue weighted by Gasteiger charge is -2.20. The molecule has 0 bridgehead atoms. The third-order valence-electron chi connectivity index (χ3n) is 4.18. The Kier molecular flexibility index (Phi) is 7.69. The van der Waals surface area contributed by atoms with Gasteiger partial charge < -0.3 is 24.4 Å². The maximum Gasteiger partial charge on any atom is 0.412 e. The van der Waals surface area contributed by atoms with Crippen molar-refractivity contribution in [1.29, 1.82) is 0 Å². The molecule has 32 heavy (non-hydrogen) atoms. The maximum absolute atomic E-state index is 12.9. The van der Waals surface area contributed by atoms with Crippen molar-refractivity contribution in [2.75, 3.05) is 38.9 Å². The van der Waals surface area contributed by atoms with Gasteiger partial charge in [-0.25, -0.2) is 4.79 Å². The number of methoxy groups -OCH3 is 2. The lowest BCUT2D eigenvalue weighted by Crippen LogP contribution is -2.27. The molecular formula is C23H29N3O6. The lowest BCUT2D eigenvalue weighted by atomic mass is 10.1. The third-order valence-corrected chi connectivity index (χ3v) is 4.18. The van der Waals surface area contributed by atoms with Gasteiger partial charge in [-0.2, -0.15) is 0 Å². The Morgan fingerprint density at radius 3 is 2.09 bits per heavy atom. The number of carbonyl (C=O) groups excluding carboxylic acids is 3. The summed E-state index contributed by atoms with van der Waals surface area (Å²) in [6.07, 6.45) is -0.631. The molecule has 0 radical (unpaired) electrons. The van der Waals surface area contributed by atoms with Gasteiger partial charge in [0.1, 0.15) is 5.60 Å². The third kappa shape index (κ3) is 6.37. The van der Waals surface area contributed by atoms with E-state index in [1.165, 1.54) is 37.3 Å². The average Bonchev–Trinajstić information content (AvgIpc) is 2.71. The summed E-state index contributed by atoms with van der Waals surface area (Å²) in [6.45, 7) is 5.27. The normalized spacial score (nSPS) is 10.7. The maximum atomic E-state index is 12.9. The Bertz CT molecular complexity index is 1010. The zero-order valence-electron chi connectivity index (χ0n) is 19.4. The van der Waals surface area contributed by atoms with Crippen LogP contribution >= 0.6 is 0 Å². The monoisotopic (exact) mass is 443 g/mol. The highest BCUT2D eigenvalue weighted by molar-refractivity contribution is 6.10. The van der Waals surface area contributed by atoms with E-state index >= 15 is 0 Å². The van der Waals surface area contributed by atoms with Crippen LogP contribution in [0.3, 0.4) is 0 Å². The number of amides is 3. The van der Waals surface area contributed by atoms with Crippen molar-refractivity contribution in [3.05, 3.63) is 47.5 Å². The predicted octanol–water partition coefficient (Wildman–Crippen LogP) is 4.00. The van der Waals surface area contributed by atoms with Crippen molar-refractivity contribution in [1.82, 2.24) is 4.90 Å². The van der Waals surface area contributed by atoms with Gasteiger partial charge in [0.15, 0.2) is 11.5 Å². The van der Waals surface area contributed by atoms with Crippen LogP contribution in [-0.2, 0) is 4.74 Å². The number of carbonyl (C=O) groups is 3. The molecule has 3 amide bonds. The molecule has 0 unspecified atom stereocenters. The summed E-state index contributed by atoms with van der Waals surface area (Å²) in [5, 5.41) is 5.34. The molecule has 0 aliphatic rings. The van der Waals surface area contributed by atoms with Gasteiger partial charge in [0.25, 0.3) is 11.8 Å². The molecule has 0 saturated carbocycles. The van der Waals surface area contributed by atoms with Crippen LogP contribution in [-0.4, -0.2) is 56.7 Å². The fourth-order valence-corrected chi connectivity index (χ4v) is 2.75. The van der Waals surface area contributed by atoms with Crippen LogP contribution in [0, 0.1) is 0 Å². The average molecular weight is 444 g/mol. The van der Waals surface area contributed by atoms with E-state index in [-0.39, 0.29) is 22.7 Å². The highest BCUT2D eigenvalue weighted by Crippen LogP contribution is 2.34. The van der Waals surface area contributed by atoms with Gasteiger partial charge in [-0.05, 0) is 45.0 Å². The van der Waals surface area contributed by atoms with E-state index in [1.54, 1.807) is 53.1 Å². The molecule has 0 fully saturated rings. The minimum atomic E-state index is -0.651. The Morgan fingerprint density at radius 2 is 1.53 bits per heavy atom. The van der Waals surface area contributed by atoms with Crippen molar-refractivity contribution in [2.24, 2.45) is 0 Å². The zero-order valence-corrected chi connectivity index (χ0v) is 19.4. The molecule has 172 valence electrons. The number of nitrogens with zero attached hydrogens (tertiary/aromatic N) is 1. The summed E-state index contributed by atoms with van der Waals surface area (Å²) >= 11 is 0. The first-order valence-corrected chi connectivity index (χ1v) is 9.84. The molecule has 9 nitrogen and oxygen atoms in total. The van der Waals surface area contributed by atoms with E-state index in [0.29, 0.717) is 17.2 Å². The van der Waals surface area contributed by atoms with E-state index in [9.17, 15) is 14.4 Å². The summed E-state index contributed by atoms with van der Waals surface area (Å²) in [6, 6.07) is 9.39. The van der Waals surface area contributed by atoms with Crippen LogP contribution in [0.4, 0.5) is 16.2 Å². The number of hydrogen-bond donors (Lipinski definition) is 2. The number of ether oxygens (including phenoxy) is 3. The first kappa shape index (κ1) is 24.5. The Morgan fingerprint density at radius 1 is 0.906 bits per heavy atom. The zero-order chi connectivity index (χ0) is 24.1. The molecule has 2 rings (SSSR count). The van der Waals surface area contributed by atoms with Gasteiger partial charge in [-0.15, -0.1) is 0 Å². The van der Waals surface area contributed by atoms with E-state index < -0.39 is 17.6 Å². The van der Waals surface area contributed by atoms with E-state index in [1.807, 2.05) is 0 Å². The van der Waals surface area contributed by atoms with Crippen LogP contribution in [0.15, 0.2) is 36.4 Å². The summed E-state index contributed by atoms with van der Waals surface area (Å²) in [4.78, 5) is 39.0. The molecule has 2 aromatic rings. The summed E-state index contributed by atoms with van der Waals surface area (Å²) < 4.78 is 15.8. The van der Waals surface area contributed by atoms with Gasteiger partial charge in [0.05, 0.1) is 25.5 Å². The van der Waals surface area contributed by atoms with Gasteiger partial charge in [0.2, 0.25) is 0 Å². The summed E-state index contributed by atoms with van der Waals surface area (Å²) in [5.41, 5.74) is 0.517. The fourth-order valence-electron chi connectivity index (χ4n) is 2.75. The Hall–Kier alpha value is -3.75. The van der Waals surface area contributed by atoms with E-state index in [0.717, 1.165) is 0 Å². The topological polar surface area (TPSA) is 106 Å². The molecule has 0 atom stereocenters. The molecule has 0 heterocycles. The largest absolute Gasteiger partial charge is 0.493 e. The molecule has 0 aromatic heterocycles. The van der Waals surface area contributed by atoms with Crippen LogP contribution in [0.5, 0.6) is 11.5 Å². The molecule has 2 N–H and O–H groups in total. The van der Waals surface area contributed by atoms with Crippen molar-refractivity contribution < 1.29 is 28.6 Å². The molecule has 0 spiro atoms. The van der Waals surface area contributed by atoms with Crippen molar-refractivity contribution in [3.63, 3.8) is 0 Å². The standard InChI is InChI=1S/C23H29N3O6/c1-23(2,3)32-22(29)24-15-10-8-9-14(11-15)20(27)25-17-13-19(31-7)18(30-6)12-16(17)21(28)26(4)5/h8-13H,1-7H3,(H,24,29)(H,25,27). The highest BCUT2D eigenvalue weighted by Gasteiger charge is 2.21. The van der Waals surface area contributed by atoms with Crippen LogP contribution < -0.4 is 20.1 Å². The summed E-state index contributed by atoms with van der Waals surface area (Å²) in [7, 11) is 6.14. The molecular weight excluding hydrogens is 414 g/mol. The van der Waals surface area contributed by atoms with Gasteiger partial charge in [-0.3, -0.25) is 14.9 Å². The van der Waals surface area contributed by atoms with Crippen LogP contribution in [0.25, 0.3) is 0 Å². The highest BCUT2D eigenvalue weighted by atomic mass is 16.6. The van der Waals surface area contributed by atoms with Gasteiger partial charge in [0, 0.05) is 31.4 Å². The first-order valence-electron chi connectivity index (χ1n) is 9.84. The number of nitrogens with one attached hydrogen (secondary N) is 2. The summed E-state index contributed by atoms with van der Waals surface area (Å²) in [5.74, 6) is -0.0721.